The van der Waals surface area contributed by atoms with Crippen molar-refractivity contribution in [2.24, 2.45) is 0 Å². The van der Waals surface area contributed by atoms with Crippen LogP contribution in [0.25, 0.3) is 0 Å². The molecule has 14 heavy (non-hydrogen) atoms. The van der Waals surface area contributed by atoms with Crippen molar-refractivity contribution in [2.75, 3.05) is 0 Å². The number of benzene rings is 1. The first-order valence-electron chi connectivity index (χ1n) is 4.68. The minimum atomic E-state index is 0.0657. The first-order chi connectivity index (χ1) is 6.74. The van der Waals surface area contributed by atoms with E-state index in [-0.39, 0.29) is 5.78 Å². The summed E-state index contributed by atoms with van der Waals surface area (Å²) in [6, 6.07) is 10.1. The minimum absolute atomic E-state index is 0.0657. The van der Waals surface area contributed by atoms with E-state index in [0.717, 1.165) is 12.8 Å². The topological polar surface area (TPSA) is 17.1 Å². The molecule has 0 unspecified atom stereocenters. The van der Waals surface area contributed by atoms with Crippen LogP contribution in [0.3, 0.4) is 0 Å². The molecule has 1 rings (SSSR count). The molecule has 0 atom stereocenters. The van der Waals surface area contributed by atoms with Crippen molar-refractivity contribution in [3.05, 3.63) is 53.8 Å². The van der Waals surface area contributed by atoms with Gasteiger partial charge < -0.3 is 0 Å². The van der Waals surface area contributed by atoms with Gasteiger partial charge in [0.2, 0.25) is 0 Å². The predicted molar refractivity (Wildman–Crippen MR) is 58.1 cm³/mol. The van der Waals surface area contributed by atoms with E-state index in [1.807, 2.05) is 18.2 Å². The number of ketones is 1. The van der Waals surface area contributed by atoms with E-state index < -0.39 is 0 Å². The molecule has 72 valence electrons. The van der Waals surface area contributed by atoms with Gasteiger partial charge in [-0.15, -0.1) is 5.73 Å². The second-order valence-electron chi connectivity index (χ2n) is 3.20. The molecule has 0 aliphatic heterocycles. The van der Waals surface area contributed by atoms with Crippen molar-refractivity contribution >= 4 is 5.78 Å². The first-order valence-corrected chi connectivity index (χ1v) is 4.68. The summed E-state index contributed by atoms with van der Waals surface area (Å²) in [5.74, 6) is 0.0657. The summed E-state index contributed by atoms with van der Waals surface area (Å²) >= 11 is 0. The van der Waals surface area contributed by atoms with Crippen LogP contribution >= 0.6 is 0 Å². The maximum atomic E-state index is 11.1. The molecule has 0 radical (unpaired) electrons. The maximum absolute atomic E-state index is 11.1. The van der Waals surface area contributed by atoms with E-state index in [1.165, 1.54) is 5.56 Å². The van der Waals surface area contributed by atoms with Crippen molar-refractivity contribution in [1.29, 1.82) is 0 Å². The Morgan fingerprint density at radius 3 is 2.50 bits per heavy atom. The fourth-order valence-electron chi connectivity index (χ4n) is 1.30. The Morgan fingerprint density at radius 1 is 1.36 bits per heavy atom. The van der Waals surface area contributed by atoms with Crippen LogP contribution in [0.4, 0.5) is 0 Å². The quantitative estimate of drug-likeness (QED) is 0.522. The zero-order valence-corrected chi connectivity index (χ0v) is 8.42. The fraction of sp³-hybridized carbons (Fsp3) is 0.231. The largest absolute Gasteiger partial charge is 0.294 e. The highest BCUT2D eigenvalue weighted by atomic mass is 16.1. The molecule has 0 aliphatic rings. The molecule has 0 heterocycles. The van der Waals surface area contributed by atoms with Crippen molar-refractivity contribution in [3.63, 3.8) is 0 Å². The van der Waals surface area contributed by atoms with Gasteiger partial charge in [0.1, 0.15) is 0 Å². The van der Waals surface area contributed by atoms with Gasteiger partial charge >= 0.3 is 0 Å². The van der Waals surface area contributed by atoms with Gasteiger partial charge in [0.05, 0.1) is 0 Å². The van der Waals surface area contributed by atoms with E-state index in [4.69, 9.17) is 0 Å². The first kappa shape index (κ1) is 10.5. The molecule has 1 aromatic carbocycles. The highest BCUT2D eigenvalue weighted by Crippen LogP contribution is 2.08. The number of allylic oxidation sites excluding steroid dienone is 1. The van der Waals surface area contributed by atoms with E-state index in [0.29, 0.717) is 5.57 Å². The summed E-state index contributed by atoms with van der Waals surface area (Å²) in [4.78, 5) is 11.1. The highest BCUT2D eigenvalue weighted by Gasteiger charge is 2.02. The summed E-state index contributed by atoms with van der Waals surface area (Å²) in [5.41, 5.74) is 4.62. The van der Waals surface area contributed by atoms with E-state index >= 15 is 0 Å². The maximum Gasteiger partial charge on any atom is 0.163 e. The monoisotopic (exact) mass is 186 g/mol. The molecular formula is C13H14O. The molecular weight excluding hydrogens is 172 g/mol. The Bertz CT molecular complexity index is 356. The van der Waals surface area contributed by atoms with Crippen molar-refractivity contribution in [1.82, 2.24) is 0 Å². The van der Waals surface area contributed by atoms with Crippen LogP contribution < -0.4 is 0 Å². The molecule has 0 fully saturated rings. The van der Waals surface area contributed by atoms with Gasteiger partial charge in [-0.2, -0.15) is 0 Å². The van der Waals surface area contributed by atoms with Crippen LogP contribution in [0.5, 0.6) is 0 Å². The lowest BCUT2D eigenvalue weighted by Gasteiger charge is -2.00. The smallest absolute Gasteiger partial charge is 0.163 e. The van der Waals surface area contributed by atoms with Gasteiger partial charge in [0.15, 0.2) is 5.78 Å². The Morgan fingerprint density at radius 2 is 2.00 bits per heavy atom. The zero-order valence-electron chi connectivity index (χ0n) is 8.42. The number of carbonyl (C=O) groups is 1. The fourth-order valence-corrected chi connectivity index (χ4v) is 1.30. The Balaban J connectivity index is 2.57. The Labute approximate surface area is 84.8 Å². The molecule has 0 aliphatic carbocycles. The lowest BCUT2D eigenvalue weighted by molar-refractivity contribution is -0.113. The second kappa shape index (κ2) is 5.21. The van der Waals surface area contributed by atoms with Crippen LogP contribution in [0, 0.1) is 0 Å². The lowest BCUT2D eigenvalue weighted by atomic mass is 10.0. The van der Waals surface area contributed by atoms with E-state index in [2.05, 4.69) is 24.4 Å². The standard InChI is InChI=1S/C13H14O/c1-3-13(11(2)14)10-9-12-7-5-4-6-8-12/h4-8H,1,9-10H2,2H3. The second-order valence-corrected chi connectivity index (χ2v) is 3.20. The van der Waals surface area contributed by atoms with Gasteiger partial charge in [0, 0.05) is 5.57 Å². The minimum Gasteiger partial charge on any atom is -0.294 e. The molecule has 1 heteroatoms. The molecule has 0 amide bonds. The third kappa shape index (κ3) is 3.04. The molecule has 0 saturated heterocycles. The summed E-state index contributed by atoms with van der Waals surface area (Å²) in [7, 11) is 0. The number of carbonyl (C=O) groups excluding carboxylic acids is 1. The number of Topliss-reactive ketones (excluding diaryl/α,β-unsaturated/α-hetero) is 1. The summed E-state index contributed by atoms with van der Waals surface area (Å²) in [5, 5.41) is 0. The third-order valence-corrected chi connectivity index (χ3v) is 2.14. The predicted octanol–water partition coefficient (Wildman–Crippen LogP) is 2.92. The van der Waals surface area contributed by atoms with Crippen molar-refractivity contribution in [2.45, 2.75) is 19.8 Å². The molecule has 1 nitrogen and oxygen atoms in total. The highest BCUT2D eigenvalue weighted by molar-refractivity contribution is 5.92. The van der Waals surface area contributed by atoms with E-state index in [9.17, 15) is 4.79 Å². The number of rotatable bonds is 4. The molecule has 0 saturated carbocycles. The Kier molecular flexibility index (Phi) is 3.90. The van der Waals surface area contributed by atoms with Crippen LogP contribution in [-0.2, 0) is 11.2 Å². The number of aryl methyl sites for hydroxylation is 1. The molecule has 0 spiro atoms. The number of hydrogen-bond acceptors (Lipinski definition) is 1. The summed E-state index contributed by atoms with van der Waals surface area (Å²) in [6.45, 7) is 5.07. The van der Waals surface area contributed by atoms with Gasteiger partial charge in [-0.3, -0.25) is 4.79 Å². The van der Waals surface area contributed by atoms with Crippen LogP contribution in [0.1, 0.15) is 18.9 Å². The van der Waals surface area contributed by atoms with Crippen LogP contribution in [0.2, 0.25) is 0 Å². The average Bonchev–Trinajstić information content (AvgIpc) is 2.20. The number of hydrogen-bond donors (Lipinski definition) is 0. The molecule has 1 aromatic rings. The molecule has 0 bridgehead atoms. The summed E-state index contributed by atoms with van der Waals surface area (Å²) in [6.07, 6.45) is 1.60. The van der Waals surface area contributed by atoms with Gasteiger partial charge in [-0.25, -0.2) is 0 Å². The van der Waals surface area contributed by atoms with Crippen molar-refractivity contribution < 1.29 is 4.79 Å². The third-order valence-electron chi connectivity index (χ3n) is 2.14. The van der Waals surface area contributed by atoms with Gasteiger partial charge in [-0.05, 0) is 25.3 Å². The molecule has 0 aromatic heterocycles. The zero-order chi connectivity index (χ0) is 10.4. The van der Waals surface area contributed by atoms with Crippen LogP contribution in [-0.4, -0.2) is 5.78 Å². The van der Waals surface area contributed by atoms with Crippen molar-refractivity contribution in [3.8, 4) is 0 Å². The normalized spacial score (nSPS) is 9.21. The van der Waals surface area contributed by atoms with Crippen LogP contribution in [0.15, 0.2) is 48.2 Å². The SMILES string of the molecule is C=C=C(CCc1ccccc1)C(C)=O. The molecule has 0 N–H and O–H groups in total. The van der Waals surface area contributed by atoms with Gasteiger partial charge in [0.25, 0.3) is 0 Å². The lowest BCUT2D eigenvalue weighted by Crippen LogP contribution is -1.97. The van der Waals surface area contributed by atoms with E-state index in [1.54, 1.807) is 6.92 Å². The average molecular weight is 186 g/mol. The van der Waals surface area contributed by atoms with Gasteiger partial charge in [-0.1, -0.05) is 36.9 Å². The summed E-state index contributed by atoms with van der Waals surface area (Å²) < 4.78 is 0. The Hall–Kier alpha value is -1.59.